The second-order valence-corrected chi connectivity index (χ2v) is 6.03. The third kappa shape index (κ3) is 3.01. The van der Waals surface area contributed by atoms with E-state index in [4.69, 9.17) is 0 Å². The molecule has 0 saturated carbocycles. The van der Waals surface area contributed by atoms with Gasteiger partial charge in [0.1, 0.15) is 0 Å². The molecular weight excluding hydrogens is 139 g/mol. The molecule has 1 saturated heterocycles. The predicted octanol–water partition coefficient (Wildman–Crippen LogP) is 3.12. The van der Waals surface area contributed by atoms with Crippen LogP contribution in [0.3, 0.4) is 0 Å². The van der Waals surface area contributed by atoms with E-state index in [1.165, 1.54) is 33.7 Å². The molecule has 0 spiro atoms. The van der Waals surface area contributed by atoms with Crippen LogP contribution in [0.25, 0.3) is 0 Å². The summed E-state index contributed by atoms with van der Waals surface area (Å²) in [5.41, 5.74) is 0.569. The van der Waals surface area contributed by atoms with Gasteiger partial charge in [0.05, 0.1) is 0 Å². The lowest BCUT2D eigenvalue weighted by Gasteiger charge is -2.22. The standard InChI is InChI=1S/C9H19P/c1-9(2,3)6-8-4-5-10-7-8/h8,10H,4-7H2,1-3H3. The highest BCUT2D eigenvalue weighted by Crippen LogP contribution is 2.36. The minimum absolute atomic E-state index is 0.569. The van der Waals surface area contributed by atoms with Crippen molar-refractivity contribution in [2.45, 2.75) is 33.6 Å². The molecule has 60 valence electrons. The lowest BCUT2D eigenvalue weighted by molar-refractivity contribution is 0.311. The highest BCUT2D eigenvalue weighted by Gasteiger charge is 2.21. The average Bonchev–Trinajstić information content (AvgIpc) is 2.12. The predicted molar refractivity (Wildman–Crippen MR) is 50.2 cm³/mol. The quantitative estimate of drug-likeness (QED) is 0.514. The summed E-state index contributed by atoms with van der Waals surface area (Å²) >= 11 is 0. The molecule has 1 aliphatic rings. The lowest BCUT2D eigenvalue weighted by Crippen LogP contribution is -2.12. The molecule has 0 aliphatic carbocycles. The summed E-state index contributed by atoms with van der Waals surface area (Å²) < 4.78 is 0. The maximum Gasteiger partial charge on any atom is -0.0325 e. The second kappa shape index (κ2) is 3.22. The molecule has 1 aliphatic heterocycles. The fraction of sp³-hybridized carbons (Fsp3) is 1.00. The van der Waals surface area contributed by atoms with E-state index in [9.17, 15) is 0 Å². The minimum Gasteiger partial charge on any atom is -0.122 e. The summed E-state index contributed by atoms with van der Waals surface area (Å²) in [6.07, 6.45) is 5.99. The van der Waals surface area contributed by atoms with Crippen molar-refractivity contribution in [2.24, 2.45) is 11.3 Å². The Labute approximate surface area is 66.6 Å². The van der Waals surface area contributed by atoms with Crippen molar-refractivity contribution in [3.63, 3.8) is 0 Å². The van der Waals surface area contributed by atoms with Crippen molar-refractivity contribution in [3.05, 3.63) is 0 Å². The Morgan fingerprint density at radius 1 is 1.40 bits per heavy atom. The van der Waals surface area contributed by atoms with Gasteiger partial charge >= 0.3 is 0 Å². The smallest absolute Gasteiger partial charge is 0.0325 e. The van der Waals surface area contributed by atoms with Gasteiger partial charge in [-0.15, -0.1) is 8.58 Å². The van der Waals surface area contributed by atoms with Crippen LogP contribution in [-0.2, 0) is 0 Å². The lowest BCUT2D eigenvalue weighted by atomic mass is 9.84. The molecule has 0 amide bonds. The van der Waals surface area contributed by atoms with E-state index in [1.807, 2.05) is 0 Å². The molecule has 0 N–H and O–H groups in total. The van der Waals surface area contributed by atoms with E-state index in [0.29, 0.717) is 5.41 Å². The summed E-state index contributed by atoms with van der Waals surface area (Å²) in [4.78, 5) is 0. The van der Waals surface area contributed by atoms with Gasteiger partial charge in [0.15, 0.2) is 0 Å². The van der Waals surface area contributed by atoms with Crippen LogP contribution in [0.4, 0.5) is 0 Å². The van der Waals surface area contributed by atoms with Crippen LogP contribution in [0.1, 0.15) is 33.6 Å². The van der Waals surface area contributed by atoms with Crippen LogP contribution in [0.5, 0.6) is 0 Å². The van der Waals surface area contributed by atoms with Crippen LogP contribution < -0.4 is 0 Å². The van der Waals surface area contributed by atoms with Gasteiger partial charge in [-0.25, -0.2) is 0 Å². The molecule has 0 bridgehead atoms. The van der Waals surface area contributed by atoms with Gasteiger partial charge in [0.25, 0.3) is 0 Å². The van der Waals surface area contributed by atoms with Gasteiger partial charge < -0.3 is 0 Å². The topological polar surface area (TPSA) is 0 Å². The molecule has 2 unspecified atom stereocenters. The van der Waals surface area contributed by atoms with Crippen LogP contribution >= 0.6 is 8.58 Å². The Hall–Kier alpha value is 0.430. The van der Waals surface area contributed by atoms with Crippen LogP contribution in [0, 0.1) is 11.3 Å². The van der Waals surface area contributed by atoms with Crippen molar-refractivity contribution in [3.8, 4) is 0 Å². The molecular formula is C9H19P. The summed E-state index contributed by atoms with van der Waals surface area (Å²) in [6, 6.07) is 0. The summed E-state index contributed by atoms with van der Waals surface area (Å²) in [5, 5.41) is 0. The van der Waals surface area contributed by atoms with Crippen molar-refractivity contribution < 1.29 is 0 Å². The van der Waals surface area contributed by atoms with E-state index in [2.05, 4.69) is 20.8 Å². The Bertz CT molecular complexity index is 95.8. The van der Waals surface area contributed by atoms with Crippen LogP contribution in [-0.4, -0.2) is 12.3 Å². The Kier molecular flexibility index (Phi) is 2.74. The first-order valence-corrected chi connectivity index (χ1v) is 5.70. The number of hydrogen-bond donors (Lipinski definition) is 0. The number of hydrogen-bond acceptors (Lipinski definition) is 0. The van der Waals surface area contributed by atoms with Crippen molar-refractivity contribution in [1.82, 2.24) is 0 Å². The van der Waals surface area contributed by atoms with Crippen molar-refractivity contribution in [1.29, 1.82) is 0 Å². The van der Waals surface area contributed by atoms with Gasteiger partial charge in [-0.1, -0.05) is 20.8 Å². The van der Waals surface area contributed by atoms with Gasteiger partial charge in [0, 0.05) is 0 Å². The Morgan fingerprint density at radius 3 is 2.50 bits per heavy atom. The molecule has 1 fully saturated rings. The van der Waals surface area contributed by atoms with E-state index in [1.54, 1.807) is 0 Å². The zero-order valence-corrected chi connectivity index (χ0v) is 8.41. The van der Waals surface area contributed by atoms with Gasteiger partial charge in [-0.3, -0.25) is 0 Å². The van der Waals surface area contributed by atoms with Gasteiger partial charge in [-0.2, -0.15) is 0 Å². The normalized spacial score (nSPS) is 29.7. The molecule has 1 heteroatoms. The first-order chi connectivity index (χ1) is 4.58. The maximum absolute atomic E-state index is 2.36. The highest BCUT2D eigenvalue weighted by molar-refractivity contribution is 7.38. The molecule has 0 aromatic heterocycles. The largest absolute Gasteiger partial charge is 0.122 e. The minimum atomic E-state index is 0.569. The SMILES string of the molecule is CC(C)(C)CC1CCPC1. The molecule has 0 radical (unpaired) electrons. The maximum atomic E-state index is 2.36. The molecule has 0 aromatic carbocycles. The van der Waals surface area contributed by atoms with Crippen molar-refractivity contribution in [2.75, 3.05) is 12.3 Å². The molecule has 1 rings (SSSR count). The highest BCUT2D eigenvalue weighted by atomic mass is 31.1. The fourth-order valence-electron chi connectivity index (χ4n) is 1.75. The van der Waals surface area contributed by atoms with Crippen molar-refractivity contribution >= 4 is 8.58 Å². The van der Waals surface area contributed by atoms with E-state index in [-0.39, 0.29) is 0 Å². The van der Waals surface area contributed by atoms with E-state index in [0.717, 1.165) is 5.92 Å². The zero-order valence-electron chi connectivity index (χ0n) is 7.41. The van der Waals surface area contributed by atoms with Crippen LogP contribution in [0.15, 0.2) is 0 Å². The third-order valence-electron chi connectivity index (χ3n) is 2.06. The average molecular weight is 158 g/mol. The molecule has 10 heavy (non-hydrogen) atoms. The first kappa shape index (κ1) is 8.53. The zero-order chi connectivity index (χ0) is 7.61. The van der Waals surface area contributed by atoms with Gasteiger partial charge in [-0.05, 0) is 36.5 Å². The van der Waals surface area contributed by atoms with Gasteiger partial charge in [0.2, 0.25) is 0 Å². The monoisotopic (exact) mass is 158 g/mol. The first-order valence-electron chi connectivity index (χ1n) is 4.29. The second-order valence-electron chi connectivity index (χ2n) is 4.62. The third-order valence-corrected chi connectivity index (χ3v) is 3.57. The molecule has 2 atom stereocenters. The summed E-state index contributed by atoms with van der Waals surface area (Å²) in [6.45, 7) is 7.07. The van der Waals surface area contributed by atoms with E-state index < -0.39 is 0 Å². The fourth-order valence-corrected chi connectivity index (χ4v) is 3.33. The Morgan fingerprint density at radius 2 is 2.10 bits per heavy atom. The summed E-state index contributed by atoms with van der Waals surface area (Å²) in [7, 11) is 1.27. The molecule has 0 aromatic rings. The summed E-state index contributed by atoms with van der Waals surface area (Å²) in [5.74, 6) is 1.07. The number of rotatable bonds is 1. The van der Waals surface area contributed by atoms with E-state index >= 15 is 0 Å². The molecule has 0 nitrogen and oxygen atoms in total. The Balaban J connectivity index is 2.24. The molecule has 1 heterocycles. The van der Waals surface area contributed by atoms with Crippen LogP contribution in [0.2, 0.25) is 0 Å².